The van der Waals surface area contributed by atoms with Crippen molar-refractivity contribution in [2.45, 2.75) is 13.5 Å². The quantitative estimate of drug-likeness (QED) is 0.369. The van der Waals surface area contributed by atoms with Crippen LogP contribution in [0.1, 0.15) is 21.6 Å². The first-order valence-electron chi connectivity index (χ1n) is 8.16. The number of hydrogen-bond donors (Lipinski definition) is 3. The molecule has 1 aromatic carbocycles. The molecule has 3 heterocycles. The molecule has 4 aromatic rings. The number of halogens is 2. The Hall–Kier alpha value is -3.66. The van der Waals surface area contributed by atoms with Crippen LogP contribution in [0.3, 0.4) is 0 Å². The van der Waals surface area contributed by atoms with Crippen LogP contribution in [0.25, 0.3) is 22.1 Å². The first-order chi connectivity index (χ1) is 13.4. The van der Waals surface area contributed by atoms with E-state index in [4.69, 9.17) is 5.21 Å². The maximum absolute atomic E-state index is 14.4. The molecule has 0 spiro atoms. The molecule has 0 aliphatic carbocycles. The van der Waals surface area contributed by atoms with Crippen LogP contribution in [0.5, 0.6) is 0 Å². The number of H-pyrrole nitrogens is 1. The molecule has 0 saturated heterocycles. The third kappa shape index (κ3) is 2.79. The highest BCUT2D eigenvalue weighted by Crippen LogP contribution is 2.23. The second kappa shape index (κ2) is 6.50. The van der Waals surface area contributed by atoms with Gasteiger partial charge in [-0.25, -0.2) is 29.0 Å². The van der Waals surface area contributed by atoms with Crippen LogP contribution in [0, 0.1) is 18.6 Å². The van der Waals surface area contributed by atoms with Gasteiger partial charge in [0.15, 0.2) is 5.65 Å². The Labute approximate surface area is 155 Å². The Morgan fingerprint density at radius 2 is 2.00 bits per heavy atom. The molecule has 0 bridgehead atoms. The summed E-state index contributed by atoms with van der Waals surface area (Å²) in [5.74, 6) is -3.09. The van der Waals surface area contributed by atoms with Crippen molar-refractivity contribution < 1.29 is 18.8 Å². The highest BCUT2D eigenvalue weighted by molar-refractivity contribution is 6.00. The predicted molar refractivity (Wildman–Crippen MR) is 95.1 cm³/mol. The van der Waals surface area contributed by atoms with Crippen molar-refractivity contribution in [3.05, 3.63) is 69.4 Å². The monoisotopic (exact) mass is 385 g/mol. The zero-order valence-corrected chi connectivity index (χ0v) is 14.5. The number of imidazole rings is 1. The number of pyridine rings is 2. The zero-order valence-electron chi connectivity index (χ0n) is 14.5. The third-order valence-corrected chi connectivity index (χ3v) is 4.42. The lowest BCUT2D eigenvalue weighted by Gasteiger charge is -2.09. The number of carbonyl (C=O) groups excluding carboxylic acids is 1. The van der Waals surface area contributed by atoms with Crippen molar-refractivity contribution >= 4 is 28.0 Å². The Morgan fingerprint density at radius 1 is 1.29 bits per heavy atom. The van der Waals surface area contributed by atoms with Gasteiger partial charge in [-0.2, -0.15) is 0 Å². The Bertz CT molecular complexity index is 1290. The van der Waals surface area contributed by atoms with Gasteiger partial charge in [0.1, 0.15) is 11.6 Å². The molecule has 28 heavy (non-hydrogen) atoms. The van der Waals surface area contributed by atoms with Crippen LogP contribution in [0.4, 0.5) is 8.78 Å². The molecular weight excluding hydrogens is 372 g/mol. The van der Waals surface area contributed by atoms with Gasteiger partial charge in [-0.3, -0.25) is 14.6 Å². The highest BCUT2D eigenvalue weighted by atomic mass is 19.1. The minimum absolute atomic E-state index is 0.387. The van der Waals surface area contributed by atoms with Gasteiger partial charge in [0.2, 0.25) is 0 Å². The van der Waals surface area contributed by atoms with Crippen LogP contribution in [-0.4, -0.2) is 30.6 Å². The van der Waals surface area contributed by atoms with E-state index in [0.717, 1.165) is 17.8 Å². The Morgan fingerprint density at radius 3 is 2.68 bits per heavy atom. The molecule has 0 radical (unpaired) electrons. The number of fused-ring (bicyclic) bond motifs is 3. The number of benzene rings is 1. The van der Waals surface area contributed by atoms with Gasteiger partial charge in [0, 0.05) is 22.2 Å². The van der Waals surface area contributed by atoms with Crippen LogP contribution in [0.15, 0.2) is 35.3 Å². The molecule has 0 aliphatic heterocycles. The number of aromatic nitrogens is 4. The largest absolute Gasteiger partial charge is 0.326 e. The van der Waals surface area contributed by atoms with Gasteiger partial charge in [-0.15, -0.1) is 0 Å². The number of nitrogens with zero attached hydrogens (tertiary/aromatic N) is 3. The van der Waals surface area contributed by atoms with Crippen LogP contribution < -0.4 is 11.2 Å². The smallest absolute Gasteiger partial charge is 0.304 e. The molecule has 0 atom stereocenters. The minimum atomic E-state index is -1.05. The summed E-state index contributed by atoms with van der Waals surface area (Å²) < 4.78 is 30.1. The second-order valence-electron chi connectivity index (χ2n) is 6.22. The van der Waals surface area contributed by atoms with Crippen LogP contribution in [0.2, 0.25) is 0 Å². The third-order valence-electron chi connectivity index (χ3n) is 4.42. The predicted octanol–water partition coefficient (Wildman–Crippen LogP) is 2.03. The van der Waals surface area contributed by atoms with Gasteiger partial charge in [-0.1, -0.05) is 0 Å². The standard InChI is InChI=1S/C18H13F2N5O3/c1-8-2-3-10-15-14(6-21-16(10)22-8)23-18(27)25(15)7-11-12(19)4-9(5-13(11)20)17(26)24-28/h2-6,28H,7H2,1H3,(H,23,27)(H,24,26). The number of aromatic amines is 1. The molecular formula is C18H13F2N5O3. The average Bonchev–Trinajstić information content (AvgIpc) is 2.99. The van der Waals surface area contributed by atoms with Crippen molar-refractivity contribution in [2.75, 3.05) is 0 Å². The summed E-state index contributed by atoms with van der Waals surface area (Å²) >= 11 is 0. The normalized spacial score (nSPS) is 11.3. The van der Waals surface area contributed by atoms with E-state index in [1.165, 1.54) is 16.2 Å². The summed E-state index contributed by atoms with van der Waals surface area (Å²) in [7, 11) is 0. The molecule has 0 unspecified atom stereocenters. The fourth-order valence-electron chi connectivity index (χ4n) is 3.08. The first-order valence-corrected chi connectivity index (χ1v) is 8.16. The molecule has 0 fully saturated rings. The minimum Gasteiger partial charge on any atom is -0.304 e. The summed E-state index contributed by atoms with van der Waals surface area (Å²) in [6.45, 7) is 1.38. The summed E-state index contributed by atoms with van der Waals surface area (Å²) in [4.78, 5) is 34.9. The number of aryl methyl sites for hydroxylation is 1. The maximum Gasteiger partial charge on any atom is 0.326 e. The SMILES string of the molecule is Cc1ccc2c(ncc3[nH]c(=O)n(Cc4c(F)cc(C(=O)NO)cc4F)c32)n1. The van der Waals surface area contributed by atoms with E-state index in [0.29, 0.717) is 22.1 Å². The van der Waals surface area contributed by atoms with Crippen molar-refractivity contribution in [1.29, 1.82) is 0 Å². The van der Waals surface area contributed by atoms with Crippen molar-refractivity contribution in [1.82, 2.24) is 25.0 Å². The Kier molecular flexibility index (Phi) is 4.12. The van der Waals surface area contributed by atoms with E-state index in [-0.39, 0.29) is 5.56 Å². The number of nitrogens with one attached hydrogen (secondary N) is 2. The molecule has 4 rings (SSSR count). The van der Waals surface area contributed by atoms with Crippen molar-refractivity contribution in [3.63, 3.8) is 0 Å². The van der Waals surface area contributed by atoms with E-state index in [1.54, 1.807) is 19.1 Å². The van der Waals surface area contributed by atoms with E-state index in [2.05, 4.69) is 15.0 Å². The lowest BCUT2D eigenvalue weighted by atomic mass is 10.1. The fraction of sp³-hybridized carbons (Fsp3) is 0.111. The number of hydroxylamine groups is 1. The topological polar surface area (TPSA) is 113 Å². The van der Waals surface area contributed by atoms with Crippen LogP contribution in [-0.2, 0) is 6.54 Å². The molecule has 8 nitrogen and oxygen atoms in total. The summed E-state index contributed by atoms with van der Waals surface area (Å²) in [6, 6.07) is 5.05. The number of hydrogen-bond acceptors (Lipinski definition) is 5. The van der Waals surface area contributed by atoms with E-state index >= 15 is 0 Å². The lowest BCUT2D eigenvalue weighted by Crippen LogP contribution is -2.21. The van der Waals surface area contributed by atoms with Gasteiger partial charge < -0.3 is 4.98 Å². The van der Waals surface area contributed by atoms with Gasteiger partial charge in [0.05, 0.1) is 23.8 Å². The van der Waals surface area contributed by atoms with E-state index < -0.39 is 35.3 Å². The molecule has 0 saturated carbocycles. The van der Waals surface area contributed by atoms with Gasteiger partial charge in [0.25, 0.3) is 5.91 Å². The second-order valence-corrected chi connectivity index (χ2v) is 6.22. The van der Waals surface area contributed by atoms with E-state index in [1.807, 2.05) is 0 Å². The zero-order chi connectivity index (χ0) is 20.0. The molecule has 3 aromatic heterocycles. The average molecular weight is 385 g/mol. The summed E-state index contributed by atoms with van der Waals surface area (Å²) in [6.07, 6.45) is 1.43. The van der Waals surface area contributed by atoms with Crippen LogP contribution >= 0.6 is 0 Å². The Balaban J connectivity index is 1.90. The number of amides is 1. The van der Waals surface area contributed by atoms with E-state index in [9.17, 15) is 18.4 Å². The summed E-state index contributed by atoms with van der Waals surface area (Å²) in [5.41, 5.74) is 1.91. The molecule has 10 heteroatoms. The molecule has 142 valence electrons. The molecule has 0 aliphatic rings. The highest BCUT2D eigenvalue weighted by Gasteiger charge is 2.19. The fourth-order valence-corrected chi connectivity index (χ4v) is 3.08. The maximum atomic E-state index is 14.4. The number of carbonyl (C=O) groups is 1. The van der Waals surface area contributed by atoms with Crippen molar-refractivity contribution in [3.8, 4) is 0 Å². The molecule has 1 amide bonds. The van der Waals surface area contributed by atoms with Crippen molar-refractivity contribution in [2.24, 2.45) is 0 Å². The number of rotatable bonds is 3. The lowest BCUT2D eigenvalue weighted by molar-refractivity contribution is 0.0705. The molecule has 3 N–H and O–H groups in total. The summed E-state index contributed by atoms with van der Waals surface area (Å²) in [5, 5.41) is 9.17. The van der Waals surface area contributed by atoms with Gasteiger partial charge >= 0.3 is 5.69 Å². The first kappa shape index (κ1) is 17.7. The van der Waals surface area contributed by atoms with Gasteiger partial charge in [-0.05, 0) is 31.2 Å².